The van der Waals surface area contributed by atoms with Crippen molar-refractivity contribution in [3.05, 3.63) is 35.9 Å². The largest absolute Gasteiger partial charge is 0.325 e. The summed E-state index contributed by atoms with van der Waals surface area (Å²) in [5.74, 6) is 0. The Balaban J connectivity index is 2.02. The van der Waals surface area contributed by atoms with Crippen molar-refractivity contribution in [3.63, 3.8) is 0 Å². The topological polar surface area (TPSA) is 26.0 Å². The van der Waals surface area contributed by atoms with Crippen molar-refractivity contribution in [1.29, 1.82) is 0 Å². The third-order valence-corrected chi connectivity index (χ3v) is 3.50. The zero-order valence-electron chi connectivity index (χ0n) is 9.41. The summed E-state index contributed by atoms with van der Waals surface area (Å²) >= 11 is 0. The van der Waals surface area contributed by atoms with Gasteiger partial charge in [-0.3, -0.25) is 0 Å². The number of benzene rings is 1. The summed E-state index contributed by atoms with van der Waals surface area (Å²) in [7, 11) is 0. The molecule has 0 heterocycles. The van der Waals surface area contributed by atoms with Crippen LogP contribution in [0.1, 0.15) is 44.1 Å². The van der Waals surface area contributed by atoms with Crippen LogP contribution in [0.15, 0.2) is 30.3 Å². The van der Waals surface area contributed by atoms with Crippen molar-refractivity contribution in [1.82, 2.24) is 0 Å². The van der Waals surface area contributed by atoms with E-state index in [4.69, 9.17) is 5.73 Å². The smallest absolute Gasteiger partial charge is 0.0195 e. The fourth-order valence-electron chi connectivity index (χ4n) is 2.61. The molecule has 0 aliphatic heterocycles. The molecule has 0 spiro atoms. The summed E-state index contributed by atoms with van der Waals surface area (Å²) in [6, 6.07) is 10.7. The standard InChI is InChI=1S/C14H21N/c15-14(10-6-1-2-7-11-14)12-13-8-4-3-5-9-13/h3-5,8-9H,1-2,6-7,10-12,15H2. The van der Waals surface area contributed by atoms with Crippen LogP contribution in [0.2, 0.25) is 0 Å². The molecule has 1 aliphatic rings. The molecule has 0 bridgehead atoms. The lowest BCUT2D eigenvalue weighted by molar-refractivity contribution is 0.369. The quantitative estimate of drug-likeness (QED) is 0.733. The van der Waals surface area contributed by atoms with Crippen molar-refractivity contribution in [2.45, 2.75) is 50.5 Å². The fraction of sp³-hybridized carbons (Fsp3) is 0.571. The molecule has 1 aliphatic carbocycles. The van der Waals surface area contributed by atoms with E-state index in [1.165, 1.54) is 44.1 Å². The van der Waals surface area contributed by atoms with E-state index in [2.05, 4.69) is 30.3 Å². The van der Waals surface area contributed by atoms with Crippen LogP contribution in [-0.2, 0) is 6.42 Å². The van der Waals surface area contributed by atoms with Gasteiger partial charge in [0.2, 0.25) is 0 Å². The van der Waals surface area contributed by atoms with E-state index in [0.717, 1.165) is 6.42 Å². The number of rotatable bonds is 2. The third kappa shape index (κ3) is 3.07. The SMILES string of the molecule is NC1(Cc2ccccc2)CCCCCC1. The first kappa shape index (κ1) is 10.7. The molecule has 0 aromatic heterocycles. The summed E-state index contributed by atoms with van der Waals surface area (Å²) in [5.41, 5.74) is 7.95. The summed E-state index contributed by atoms with van der Waals surface area (Å²) in [6.07, 6.45) is 8.80. The summed E-state index contributed by atoms with van der Waals surface area (Å²) in [4.78, 5) is 0. The van der Waals surface area contributed by atoms with Gasteiger partial charge in [0, 0.05) is 5.54 Å². The lowest BCUT2D eigenvalue weighted by Gasteiger charge is -2.28. The molecule has 0 amide bonds. The Morgan fingerprint density at radius 3 is 2.13 bits per heavy atom. The molecule has 15 heavy (non-hydrogen) atoms. The normalized spacial score (nSPS) is 20.9. The molecule has 0 atom stereocenters. The van der Waals surface area contributed by atoms with Gasteiger partial charge in [-0.15, -0.1) is 0 Å². The van der Waals surface area contributed by atoms with Gasteiger partial charge in [0.25, 0.3) is 0 Å². The molecule has 2 rings (SSSR count). The molecule has 0 unspecified atom stereocenters. The minimum atomic E-state index is 0.0673. The molecule has 1 aromatic carbocycles. The van der Waals surface area contributed by atoms with E-state index in [1.807, 2.05) is 0 Å². The second kappa shape index (κ2) is 4.80. The second-order valence-corrected chi connectivity index (χ2v) is 4.94. The predicted molar refractivity (Wildman–Crippen MR) is 64.8 cm³/mol. The first-order chi connectivity index (χ1) is 7.29. The van der Waals surface area contributed by atoms with Crippen molar-refractivity contribution < 1.29 is 0 Å². The molecule has 82 valence electrons. The monoisotopic (exact) mass is 203 g/mol. The van der Waals surface area contributed by atoms with Gasteiger partial charge in [-0.1, -0.05) is 56.0 Å². The highest BCUT2D eigenvalue weighted by atomic mass is 14.7. The highest BCUT2D eigenvalue weighted by Crippen LogP contribution is 2.27. The van der Waals surface area contributed by atoms with Crippen LogP contribution in [0.5, 0.6) is 0 Å². The zero-order valence-corrected chi connectivity index (χ0v) is 9.41. The molecule has 0 radical (unpaired) electrons. The number of nitrogens with two attached hydrogens (primary N) is 1. The maximum Gasteiger partial charge on any atom is 0.0195 e. The highest BCUT2D eigenvalue weighted by Gasteiger charge is 2.25. The van der Waals surface area contributed by atoms with Gasteiger partial charge in [0.05, 0.1) is 0 Å². The van der Waals surface area contributed by atoms with Crippen LogP contribution in [0, 0.1) is 0 Å². The Morgan fingerprint density at radius 2 is 1.53 bits per heavy atom. The lowest BCUT2D eigenvalue weighted by Crippen LogP contribution is -2.41. The van der Waals surface area contributed by atoms with Gasteiger partial charge >= 0.3 is 0 Å². The van der Waals surface area contributed by atoms with E-state index >= 15 is 0 Å². The van der Waals surface area contributed by atoms with Gasteiger partial charge in [-0.2, -0.15) is 0 Å². The molecule has 2 N–H and O–H groups in total. The minimum Gasteiger partial charge on any atom is -0.325 e. The van der Waals surface area contributed by atoms with Crippen LogP contribution < -0.4 is 5.73 Å². The van der Waals surface area contributed by atoms with E-state index in [1.54, 1.807) is 0 Å². The molecule has 1 heteroatoms. The Bertz CT molecular complexity index is 283. The molecule has 0 saturated heterocycles. The molecule has 1 fully saturated rings. The van der Waals surface area contributed by atoms with Gasteiger partial charge in [-0.25, -0.2) is 0 Å². The van der Waals surface area contributed by atoms with E-state index in [-0.39, 0.29) is 5.54 Å². The van der Waals surface area contributed by atoms with Crippen LogP contribution in [0.4, 0.5) is 0 Å². The number of hydrogen-bond acceptors (Lipinski definition) is 1. The fourth-order valence-corrected chi connectivity index (χ4v) is 2.61. The first-order valence-electron chi connectivity index (χ1n) is 6.11. The Morgan fingerprint density at radius 1 is 0.933 bits per heavy atom. The Hall–Kier alpha value is -0.820. The third-order valence-electron chi connectivity index (χ3n) is 3.50. The van der Waals surface area contributed by atoms with Gasteiger partial charge in [-0.05, 0) is 24.8 Å². The molecular formula is C14H21N. The summed E-state index contributed by atoms with van der Waals surface area (Å²) in [6.45, 7) is 0. The van der Waals surface area contributed by atoms with Crippen LogP contribution >= 0.6 is 0 Å². The van der Waals surface area contributed by atoms with Crippen molar-refractivity contribution in [3.8, 4) is 0 Å². The number of hydrogen-bond donors (Lipinski definition) is 1. The average molecular weight is 203 g/mol. The minimum absolute atomic E-state index is 0.0673. The predicted octanol–water partition coefficient (Wildman–Crippen LogP) is 3.28. The molecule has 1 nitrogen and oxygen atoms in total. The lowest BCUT2D eigenvalue weighted by atomic mass is 9.85. The zero-order chi connectivity index (χ0) is 10.6. The maximum absolute atomic E-state index is 6.49. The average Bonchev–Trinajstić information content (AvgIpc) is 2.45. The highest BCUT2D eigenvalue weighted by molar-refractivity contribution is 5.17. The second-order valence-electron chi connectivity index (χ2n) is 4.94. The summed E-state index contributed by atoms with van der Waals surface area (Å²) in [5, 5.41) is 0. The molecular weight excluding hydrogens is 182 g/mol. The van der Waals surface area contributed by atoms with Crippen molar-refractivity contribution in [2.75, 3.05) is 0 Å². The maximum atomic E-state index is 6.49. The van der Waals surface area contributed by atoms with Gasteiger partial charge in [0.15, 0.2) is 0 Å². The van der Waals surface area contributed by atoms with Crippen LogP contribution in [-0.4, -0.2) is 5.54 Å². The van der Waals surface area contributed by atoms with Gasteiger partial charge < -0.3 is 5.73 Å². The Kier molecular flexibility index (Phi) is 3.42. The summed E-state index contributed by atoms with van der Waals surface area (Å²) < 4.78 is 0. The van der Waals surface area contributed by atoms with E-state index in [9.17, 15) is 0 Å². The van der Waals surface area contributed by atoms with Crippen molar-refractivity contribution >= 4 is 0 Å². The van der Waals surface area contributed by atoms with E-state index in [0.29, 0.717) is 0 Å². The van der Waals surface area contributed by atoms with Crippen molar-refractivity contribution in [2.24, 2.45) is 5.73 Å². The van der Waals surface area contributed by atoms with Crippen LogP contribution in [0.3, 0.4) is 0 Å². The van der Waals surface area contributed by atoms with Crippen LogP contribution in [0.25, 0.3) is 0 Å². The Labute approximate surface area is 92.7 Å². The van der Waals surface area contributed by atoms with Gasteiger partial charge in [0.1, 0.15) is 0 Å². The molecule has 1 saturated carbocycles. The first-order valence-corrected chi connectivity index (χ1v) is 6.11. The molecule has 1 aromatic rings. The van der Waals surface area contributed by atoms with E-state index < -0.39 is 0 Å².